The largest absolute Gasteiger partial charge is 3.00 e. The molecule has 1 aromatic carbocycles. The van der Waals surface area contributed by atoms with Crippen LogP contribution < -0.4 is 46.9 Å². The predicted molar refractivity (Wildman–Crippen MR) is 105 cm³/mol. The molecule has 0 fully saturated rings. The fourth-order valence-electron chi connectivity index (χ4n) is 2.49. The molecule has 15 nitrogen and oxygen atoms in total. The van der Waals surface area contributed by atoms with E-state index >= 15 is 0 Å². The number of anilines is 1. The van der Waals surface area contributed by atoms with E-state index in [-0.39, 0.29) is 33.2 Å². The number of para-hydroxylation sites is 2. The van der Waals surface area contributed by atoms with Crippen LogP contribution in [0, 0.1) is 20.5 Å². The summed E-state index contributed by atoms with van der Waals surface area (Å²) in [6.07, 6.45) is 3.63. The number of nitrogens with zero attached hydrogens (tertiary/aromatic N) is 3. The Kier molecular flexibility index (Phi) is 23.5. The molecule has 37 heavy (non-hydrogen) atoms. The topological polar surface area (TPSA) is 320 Å². The van der Waals surface area contributed by atoms with E-state index in [0.29, 0.717) is 13.1 Å². The molecule has 0 aliphatic rings. The van der Waals surface area contributed by atoms with Crippen molar-refractivity contribution in [2.75, 3.05) is 12.0 Å². The smallest absolute Gasteiger partial charge is 0.495 e. The molecule has 0 radical (unpaired) electrons. The van der Waals surface area contributed by atoms with E-state index in [9.17, 15) is 0 Å². The number of ether oxygens (including phenoxy) is 1. The number of hydrogen-bond donors (Lipinski definition) is 0. The maximum atomic E-state index is 8.49. The molecule has 0 amide bonds. The van der Waals surface area contributed by atoms with Gasteiger partial charge in [-0.3, -0.25) is 9.97 Å². The predicted octanol–water partition coefficient (Wildman–Crippen LogP) is -8.49. The summed E-state index contributed by atoms with van der Waals surface area (Å²) in [4.78, 5) is 11.1. The molecular weight excluding hydrogens is 592 g/mol. The Labute approximate surface area is 226 Å². The maximum Gasteiger partial charge on any atom is 3.00 e. The van der Waals surface area contributed by atoms with Crippen molar-refractivity contribution in [2.24, 2.45) is 0 Å². The number of rotatable bonds is 6. The second kappa shape index (κ2) is 20.8. The Morgan fingerprint density at radius 2 is 1.03 bits per heavy atom. The van der Waals surface area contributed by atoms with Crippen molar-refractivity contribution in [1.82, 2.24) is 9.97 Å². The number of hydrogen-bond acceptors (Lipinski definition) is 12. The molecule has 0 bridgehead atoms. The molecule has 3 aromatic rings. The maximum absolute atomic E-state index is 8.49. The van der Waals surface area contributed by atoms with Crippen LogP contribution in [0.25, 0.3) is 0 Å². The van der Waals surface area contributed by atoms with Crippen molar-refractivity contribution >= 4 is 5.69 Å². The van der Waals surface area contributed by atoms with Crippen LogP contribution in [-0.2, 0) is 40.8 Å². The number of benzene rings is 1. The molecule has 0 atom stereocenters. The van der Waals surface area contributed by atoms with Crippen molar-refractivity contribution in [1.29, 1.82) is 0 Å². The van der Waals surface area contributed by atoms with Gasteiger partial charge < -0.3 is 26.1 Å². The Morgan fingerprint density at radius 3 is 1.35 bits per heavy atom. The first kappa shape index (κ1) is 41.9. The fourth-order valence-corrected chi connectivity index (χ4v) is 2.49. The van der Waals surface area contributed by atoms with Gasteiger partial charge in [-0.1, -0.05) is 24.3 Å². The SMILES string of the molecule is COc1ccccc1N(Cc1ccccn1)Cc1ccccn1.O.[Co+3].[O-][Cl+3]([O-])([O-])[O-].[O-][Cl+3]([O-])([O-])[O-].[OH3+].[OH3+]. The van der Waals surface area contributed by atoms with Gasteiger partial charge in [-0.25, -0.2) is 37.3 Å². The van der Waals surface area contributed by atoms with E-state index in [1.54, 1.807) is 7.11 Å². The van der Waals surface area contributed by atoms with E-state index in [1.165, 1.54) is 0 Å². The Balaban J connectivity index is -0.000000336. The van der Waals surface area contributed by atoms with Crippen LogP contribution in [0.5, 0.6) is 5.75 Å². The molecular formula is C19H27Cl2CoN3O12+3. The van der Waals surface area contributed by atoms with Crippen molar-refractivity contribution in [3.63, 3.8) is 0 Å². The first-order chi connectivity index (χ1) is 15.4. The van der Waals surface area contributed by atoms with Crippen LogP contribution in [-0.4, -0.2) is 22.6 Å². The molecule has 0 unspecified atom stereocenters. The minimum atomic E-state index is -4.94. The third kappa shape index (κ3) is 22.7. The van der Waals surface area contributed by atoms with E-state index in [4.69, 9.17) is 42.0 Å². The quantitative estimate of drug-likeness (QED) is 0.232. The zero-order valence-electron chi connectivity index (χ0n) is 19.1. The van der Waals surface area contributed by atoms with E-state index in [0.717, 1.165) is 22.8 Å². The summed E-state index contributed by atoms with van der Waals surface area (Å²) in [5.74, 6) is 0.847. The van der Waals surface area contributed by atoms with Gasteiger partial charge in [0.2, 0.25) is 0 Å². The molecule has 0 aliphatic heterocycles. The third-order valence-corrected chi connectivity index (χ3v) is 3.58. The van der Waals surface area contributed by atoms with Gasteiger partial charge in [0.1, 0.15) is 5.75 Å². The molecule has 0 aliphatic carbocycles. The average molecular weight is 619 g/mol. The van der Waals surface area contributed by atoms with Gasteiger partial charge in [0.25, 0.3) is 0 Å². The number of halogens is 2. The summed E-state index contributed by atoms with van der Waals surface area (Å²) in [6, 6.07) is 19.9. The first-order valence-corrected chi connectivity index (χ1v) is 11.2. The Bertz CT molecular complexity index is 873. The molecule has 2 heterocycles. The minimum Gasteiger partial charge on any atom is -0.495 e. The normalized spacial score (nSPS) is 9.65. The van der Waals surface area contributed by atoms with Crippen molar-refractivity contribution in [3.05, 3.63) is 84.4 Å². The van der Waals surface area contributed by atoms with Crippen LogP contribution in [0.15, 0.2) is 73.1 Å². The van der Waals surface area contributed by atoms with Crippen LogP contribution >= 0.6 is 0 Å². The molecule has 3 rings (SSSR count). The van der Waals surface area contributed by atoms with Gasteiger partial charge in [-0.15, -0.1) is 20.5 Å². The number of pyridine rings is 2. The number of methoxy groups -OCH3 is 1. The summed E-state index contributed by atoms with van der Waals surface area (Å²) in [5.41, 5.74) is 3.05. The summed E-state index contributed by atoms with van der Waals surface area (Å²) >= 11 is 0. The molecule has 0 spiro atoms. The summed E-state index contributed by atoms with van der Waals surface area (Å²) in [5, 5.41) is 0. The summed E-state index contributed by atoms with van der Waals surface area (Å²) < 4.78 is 73.5. The fraction of sp³-hybridized carbons (Fsp3) is 0.158. The number of aromatic nitrogens is 2. The van der Waals surface area contributed by atoms with Crippen LogP contribution in [0.1, 0.15) is 11.4 Å². The van der Waals surface area contributed by atoms with Gasteiger partial charge in [-0.2, -0.15) is 0 Å². The molecule has 8 N–H and O–H groups in total. The molecule has 0 saturated heterocycles. The van der Waals surface area contributed by atoms with Gasteiger partial charge in [0, 0.05) is 12.4 Å². The van der Waals surface area contributed by atoms with Crippen molar-refractivity contribution in [3.8, 4) is 5.75 Å². The van der Waals surface area contributed by atoms with E-state index < -0.39 is 20.5 Å². The van der Waals surface area contributed by atoms with Crippen LogP contribution in [0.2, 0.25) is 0 Å². The van der Waals surface area contributed by atoms with Crippen molar-refractivity contribution in [2.45, 2.75) is 13.1 Å². The van der Waals surface area contributed by atoms with E-state index in [1.807, 2.05) is 67.0 Å². The third-order valence-electron chi connectivity index (χ3n) is 3.58. The second-order valence-corrected chi connectivity index (χ2v) is 7.44. The zero-order valence-corrected chi connectivity index (χ0v) is 21.7. The van der Waals surface area contributed by atoms with Gasteiger partial charge in [0.05, 0.1) is 37.3 Å². The van der Waals surface area contributed by atoms with Gasteiger partial charge in [0.15, 0.2) is 0 Å². The standard InChI is InChI=1S/C19H19N3O.2ClHO4.Co.3H2O/c1-23-19-11-3-2-10-18(19)22(14-16-8-4-6-12-20-16)15-17-9-5-7-13-21-17;2*2-1(3,4)5;;;;/h2-13H,14-15H2,1H3;2*(H,2,3,4,5);;3*1H2/q;;;+3;;;. The van der Waals surface area contributed by atoms with Crippen LogP contribution in [0.3, 0.4) is 0 Å². The van der Waals surface area contributed by atoms with Crippen LogP contribution in [0.4, 0.5) is 5.69 Å². The van der Waals surface area contributed by atoms with Gasteiger partial charge >= 0.3 is 16.8 Å². The molecule has 2 aromatic heterocycles. The zero-order chi connectivity index (χ0) is 24.9. The first-order valence-electron chi connectivity index (χ1n) is 8.78. The second-order valence-electron chi connectivity index (χ2n) is 5.93. The average Bonchev–Trinajstić information content (AvgIpc) is 2.72. The summed E-state index contributed by atoms with van der Waals surface area (Å²) in [7, 11) is -8.20. The Hall–Kier alpha value is -2.23. The van der Waals surface area contributed by atoms with E-state index in [2.05, 4.69) is 20.9 Å². The summed E-state index contributed by atoms with van der Waals surface area (Å²) in [6.45, 7) is 1.38. The molecule has 18 heteroatoms. The monoisotopic (exact) mass is 618 g/mol. The minimum absolute atomic E-state index is 0. The molecule has 0 saturated carbocycles. The Morgan fingerprint density at radius 1 is 0.676 bits per heavy atom. The molecule has 210 valence electrons. The van der Waals surface area contributed by atoms with Crippen molar-refractivity contribution < 1.29 is 95.7 Å². The van der Waals surface area contributed by atoms with Gasteiger partial charge in [-0.05, 0) is 36.4 Å².